The lowest BCUT2D eigenvalue weighted by molar-refractivity contribution is -0.124. The zero-order valence-electron chi connectivity index (χ0n) is 11.2. The van der Waals surface area contributed by atoms with Crippen LogP contribution < -0.4 is 0 Å². The maximum atomic E-state index is 13.5. The third-order valence-electron chi connectivity index (χ3n) is 3.96. The number of halogens is 1. The monoisotopic (exact) mass is 248 g/mol. The highest BCUT2D eigenvalue weighted by Gasteiger charge is 2.28. The molecule has 18 heavy (non-hydrogen) atoms. The number of hydrogen-bond donors (Lipinski definition) is 0. The Morgan fingerprint density at radius 1 is 1.17 bits per heavy atom. The third kappa shape index (κ3) is 3.18. The Morgan fingerprint density at radius 3 is 2.39 bits per heavy atom. The molecule has 0 N–H and O–H groups in total. The van der Waals surface area contributed by atoms with E-state index in [2.05, 4.69) is 13.8 Å². The van der Waals surface area contributed by atoms with E-state index in [-0.39, 0.29) is 23.9 Å². The van der Waals surface area contributed by atoms with Gasteiger partial charge >= 0.3 is 0 Å². The molecule has 2 rings (SSSR count). The number of rotatable bonds is 3. The molecule has 0 amide bonds. The molecule has 0 heterocycles. The van der Waals surface area contributed by atoms with E-state index in [0.717, 1.165) is 12.8 Å². The van der Waals surface area contributed by atoms with Gasteiger partial charge in [0.05, 0.1) is 0 Å². The first-order chi connectivity index (χ1) is 8.56. The van der Waals surface area contributed by atoms with Gasteiger partial charge in [0.25, 0.3) is 0 Å². The van der Waals surface area contributed by atoms with Crippen LogP contribution in [0.25, 0.3) is 0 Å². The van der Waals surface area contributed by atoms with E-state index in [1.165, 1.54) is 12.5 Å². The van der Waals surface area contributed by atoms with Crippen LogP contribution in [0, 0.1) is 23.6 Å². The summed E-state index contributed by atoms with van der Waals surface area (Å²) in [5.74, 6) is 1.30. The topological polar surface area (TPSA) is 17.1 Å². The molecule has 0 aliphatic heterocycles. The van der Waals surface area contributed by atoms with Gasteiger partial charge in [-0.15, -0.1) is 0 Å². The number of carbonyl (C=O) groups is 1. The van der Waals surface area contributed by atoms with E-state index in [9.17, 15) is 9.18 Å². The first kappa shape index (κ1) is 13.3. The summed E-state index contributed by atoms with van der Waals surface area (Å²) in [4.78, 5) is 12.2. The van der Waals surface area contributed by atoms with Crippen LogP contribution in [0.1, 0.15) is 38.7 Å². The van der Waals surface area contributed by atoms with Crippen molar-refractivity contribution in [3.05, 3.63) is 35.6 Å². The number of benzene rings is 1. The van der Waals surface area contributed by atoms with Crippen LogP contribution in [-0.4, -0.2) is 5.78 Å². The summed E-state index contributed by atoms with van der Waals surface area (Å²) in [6, 6.07) is 6.59. The second-order valence-electron chi connectivity index (χ2n) is 5.85. The SMILES string of the molecule is CC1CC(C)CC(C(=O)Cc2ccccc2F)C1. The fraction of sp³-hybridized carbons (Fsp3) is 0.562. The van der Waals surface area contributed by atoms with Gasteiger partial charge in [0, 0.05) is 12.3 Å². The average Bonchev–Trinajstić information content (AvgIpc) is 2.31. The van der Waals surface area contributed by atoms with Gasteiger partial charge in [-0.25, -0.2) is 4.39 Å². The lowest BCUT2D eigenvalue weighted by atomic mass is 9.74. The highest BCUT2D eigenvalue weighted by Crippen LogP contribution is 2.33. The quantitative estimate of drug-likeness (QED) is 0.790. The zero-order chi connectivity index (χ0) is 13.1. The Hall–Kier alpha value is -1.18. The standard InChI is InChI=1S/C16H21FO/c1-11-7-12(2)9-14(8-11)16(18)10-13-5-3-4-6-15(13)17/h3-6,11-12,14H,7-10H2,1-2H3. The number of Topliss-reactive ketones (excluding diaryl/α,β-unsaturated/α-hetero) is 1. The molecule has 0 radical (unpaired) electrons. The summed E-state index contributed by atoms with van der Waals surface area (Å²) < 4.78 is 13.5. The number of hydrogen-bond acceptors (Lipinski definition) is 1. The molecule has 2 heteroatoms. The van der Waals surface area contributed by atoms with Gasteiger partial charge in [-0.2, -0.15) is 0 Å². The largest absolute Gasteiger partial charge is 0.299 e. The summed E-state index contributed by atoms with van der Waals surface area (Å²) in [6.45, 7) is 4.41. The first-order valence-corrected chi connectivity index (χ1v) is 6.82. The zero-order valence-corrected chi connectivity index (χ0v) is 11.2. The summed E-state index contributed by atoms with van der Waals surface area (Å²) in [6.07, 6.45) is 3.40. The van der Waals surface area contributed by atoms with Crippen molar-refractivity contribution in [2.45, 2.75) is 39.5 Å². The molecular weight excluding hydrogens is 227 g/mol. The normalized spacial score (nSPS) is 28.1. The molecule has 1 fully saturated rings. The minimum atomic E-state index is -0.261. The average molecular weight is 248 g/mol. The smallest absolute Gasteiger partial charge is 0.140 e. The maximum absolute atomic E-state index is 13.5. The van der Waals surface area contributed by atoms with Crippen molar-refractivity contribution in [1.82, 2.24) is 0 Å². The minimum absolute atomic E-state index is 0.128. The van der Waals surface area contributed by atoms with Crippen molar-refractivity contribution in [3.8, 4) is 0 Å². The Kier molecular flexibility index (Phi) is 4.15. The molecule has 1 aliphatic carbocycles. The van der Waals surface area contributed by atoms with Gasteiger partial charge in [0.15, 0.2) is 0 Å². The molecule has 1 aromatic rings. The molecule has 2 unspecified atom stereocenters. The van der Waals surface area contributed by atoms with E-state index < -0.39 is 0 Å². The van der Waals surface area contributed by atoms with Crippen molar-refractivity contribution < 1.29 is 9.18 Å². The second-order valence-corrected chi connectivity index (χ2v) is 5.85. The fourth-order valence-electron chi connectivity index (χ4n) is 3.18. The summed E-state index contributed by atoms with van der Waals surface area (Å²) in [7, 11) is 0. The van der Waals surface area contributed by atoms with Crippen LogP contribution in [0.2, 0.25) is 0 Å². The van der Waals surface area contributed by atoms with Gasteiger partial charge in [-0.1, -0.05) is 32.0 Å². The Balaban J connectivity index is 2.02. The lowest BCUT2D eigenvalue weighted by Gasteiger charge is -2.30. The molecule has 1 aromatic carbocycles. The molecule has 1 aliphatic rings. The van der Waals surface area contributed by atoms with Gasteiger partial charge in [-0.3, -0.25) is 4.79 Å². The molecule has 0 spiro atoms. The highest BCUT2D eigenvalue weighted by atomic mass is 19.1. The molecule has 0 bridgehead atoms. The van der Waals surface area contributed by atoms with Crippen LogP contribution in [0.5, 0.6) is 0 Å². The summed E-state index contributed by atoms with van der Waals surface area (Å²) >= 11 is 0. The van der Waals surface area contributed by atoms with Crippen molar-refractivity contribution in [3.63, 3.8) is 0 Å². The van der Waals surface area contributed by atoms with Crippen LogP contribution in [0.4, 0.5) is 4.39 Å². The number of carbonyl (C=O) groups excluding carboxylic acids is 1. The van der Waals surface area contributed by atoms with Crippen LogP contribution in [-0.2, 0) is 11.2 Å². The second kappa shape index (κ2) is 5.64. The van der Waals surface area contributed by atoms with E-state index in [0.29, 0.717) is 17.4 Å². The Morgan fingerprint density at radius 2 is 1.78 bits per heavy atom. The maximum Gasteiger partial charge on any atom is 0.140 e. The highest BCUT2D eigenvalue weighted by molar-refractivity contribution is 5.83. The van der Waals surface area contributed by atoms with Crippen LogP contribution >= 0.6 is 0 Å². The van der Waals surface area contributed by atoms with Crippen molar-refractivity contribution >= 4 is 5.78 Å². The van der Waals surface area contributed by atoms with Crippen molar-refractivity contribution in [2.24, 2.45) is 17.8 Å². The third-order valence-corrected chi connectivity index (χ3v) is 3.96. The fourth-order valence-corrected chi connectivity index (χ4v) is 3.18. The molecule has 0 aromatic heterocycles. The predicted molar refractivity (Wildman–Crippen MR) is 70.8 cm³/mol. The Labute approximate surface area is 108 Å². The van der Waals surface area contributed by atoms with Crippen molar-refractivity contribution in [1.29, 1.82) is 0 Å². The summed E-state index contributed by atoms with van der Waals surface area (Å²) in [5, 5.41) is 0. The van der Waals surface area contributed by atoms with Crippen LogP contribution in [0.3, 0.4) is 0 Å². The molecular formula is C16H21FO. The van der Waals surface area contributed by atoms with E-state index in [4.69, 9.17) is 0 Å². The molecule has 1 saturated carbocycles. The molecule has 0 saturated heterocycles. The molecule has 1 nitrogen and oxygen atoms in total. The molecule has 98 valence electrons. The minimum Gasteiger partial charge on any atom is -0.299 e. The van der Waals surface area contributed by atoms with E-state index in [1.54, 1.807) is 18.2 Å². The predicted octanol–water partition coefficient (Wildman–Crippen LogP) is 4.01. The van der Waals surface area contributed by atoms with Gasteiger partial charge in [0.2, 0.25) is 0 Å². The lowest BCUT2D eigenvalue weighted by Crippen LogP contribution is -2.27. The summed E-state index contributed by atoms with van der Waals surface area (Å²) in [5.41, 5.74) is 0.536. The van der Waals surface area contributed by atoms with E-state index >= 15 is 0 Å². The van der Waals surface area contributed by atoms with E-state index in [1.807, 2.05) is 0 Å². The first-order valence-electron chi connectivity index (χ1n) is 6.82. The Bertz CT molecular complexity index is 417. The van der Waals surface area contributed by atoms with Crippen molar-refractivity contribution in [2.75, 3.05) is 0 Å². The molecule has 2 atom stereocenters. The van der Waals surface area contributed by atoms with Gasteiger partial charge in [-0.05, 0) is 42.7 Å². The van der Waals surface area contributed by atoms with Crippen LogP contribution in [0.15, 0.2) is 24.3 Å². The number of ketones is 1. The van der Waals surface area contributed by atoms with Gasteiger partial charge < -0.3 is 0 Å². The van der Waals surface area contributed by atoms with Gasteiger partial charge in [0.1, 0.15) is 11.6 Å².